The van der Waals surface area contributed by atoms with Gasteiger partial charge in [0.25, 0.3) is 5.91 Å². The number of hydrogen-bond donors (Lipinski definition) is 1. The first-order chi connectivity index (χ1) is 14.5. The summed E-state index contributed by atoms with van der Waals surface area (Å²) in [6.45, 7) is 5.80. The fraction of sp³-hybridized carbons (Fsp3) is 0.200. The Morgan fingerprint density at radius 2 is 1.94 bits per heavy atom. The van der Waals surface area contributed by atoms with E-state index in [1.54, 1.807) is 6.08 Å². The molecule has 31 heavy (non-hydrogen) atoms. The molecule has 3 heterocycles. The summed E-state index contributed by atoms with van der Waals surface area (Å²) in [7, 11) is -3.58. The van der Waals surface area contributed by atoms with E-state index in [0.29, 0.717) is 5.02 Å². The highest BCUT2D eigenvalue weighted by Gasteiger charge is 2.38. The summed E-state index contributed by atoms with van der Waals surface area (Å²) in [5.41, 5.74) is 4.42. The highest BCUT2D eigenvalue weighted by Crippen LogP contribution is 2.32. The second-order valence-corrected chi connectivity index (χ2v) is 10.8. The number of amides is 1. The Morgan fingerprint density at radius 1 is 1.23 bits per heavy atom. The van der Waals surface area contributed by atoms with Crippen LogP contribution in [0.4, 0.5) is 0 Å². The number of aliphatic imine (C=N–C) groups is 1. The summed E-state index contributed by atoms with van der Waals surface area (Å²) in [5.74, 6) is -0.831. The number of aryl methyl sites for hydroxylation is 1. The minimum atomic E-state index is -3.58. The lowest BCUT2D eigenvalue weighted by Crippen LogP contribution is -2.35. The van der Waals surface area contributed by atoms with Crippen LogP contribution in [0.3, 0.4) is 0 Å². The maximum atomic E-state index is 12.6. The molecule has 8 nitrogen and oxygen atoms in total. The number of nitrogens with zero attached hydrogens (tertiary/aromatic N) is 4. The van der Waals surface area contributed by atoms with Crippen molar-refractivity contribution in [1.29, 1.82) is 5.41 Å². The summed E-state index contributed by atoms with van der Waals surface area (Å²) < 4.78 is 25.4. The zero-order valence-corrected chi connectivity index (χ0v) is 19.5. The van der Waals surface area contributed by atoms with Gasteiger partial charge in [-0.25, -0.2) is 8.42 Å². The van der Waals surface area contributed by atoms with Gasteiger partial charge in [-0.05, 0) is 67.9 Å². The number of halogens is 1. The zero-order chi connectivity index (χ0) is 22.7. The molecule has 160 valence electrons. The van der Waals surface area contributed by atoms with Gasteiger partial charge in [-0.3, -0.25) is 10.2 Å². The van der Waals surface area contributed by atoms with Crippen molar-refractivity contribution in [3.63, 3.8) is 0 Å². The van der Waals surface area contributed by atoms with E-state index in [1.807, 2.05) is 49.6 Å². The third kappa shape index (κ3) is 3.64. The Morgan fingerprint density at radius 3 is 2.61 bits per heavy atom. The average molecular weight is 476 g/mol. The molecular weight excluding hydrogens is 458 g/mol. The van der Waals surface area contributed by atoms with E-state index in [0.717, 1.165) is 51.2 Å². The molecule has 2 aliphatic rings. The summed E-state index contributed by atoms with van der Waals surface area (Å²) in [4.78, 5) is 16.6. The lowest BCUT2D eigenvalue weighted by molar-refractivity contribution is -0.114. The molecule has 0 saturated carbocycles. The number of benzene rings is 1. The summed E-state index contributed by atoms with van der Waals surface area (Å²) >= 11 is 7.05. The van der Waals surface area contributed by atoms with Gasteiger partial charge in [0.05, 0.1) is 5.57 Å². The molecule has 2 aromatic rings. The van der Waals surface area contributed by atoms with E-state index in [9.17, 15) is 13.2 Å². The quantitative estimate of drug-likeness (QED) is 0.666. The van der Waals surface area contributed by atoms with Crippen LogP contribution in [0.15, 0.2) is 39.9 Å². The van der Waals surface area contributed by atoms with Gasteiger partial charge in [-0.15, -0.1) is 5.10 Å². The molecule has 0 atom stereocenters. The van der Waals surface area contributed by atoms with E-state index < -0.39 is 15.7 Å². The minimum Gasteiger partial charge on any atom is -0.318 e. The molecule has 0 spiro atoms. The number of amidine groups is 2. The van der Waals surface area contributed by atoms with Crippen molar-refractivity contribution in [1.82, 2.24) is 9.58 Å². The highest BCUT2D eigenvalue weighted by atomic mass is 35.5. The number of thioether (sulfide) groups is 1. The standard InChI is InChI=1S/C20H18ClN5O3S2/c1-10-8-13(12(3)25(10)16-7-5-6-15(21)11(16)2)9-14-17(22)26-19(23-18(14)27)30-20(24-26)31(4,28)29/h5-9,22H,1-4H3/b14-9+,22-17?. The molecule has 1 amide bonds. The van der Waals surface area contributed by atoms with Crippen molar-refractivity contribution in [3.05, 3.63) is 57.4 Å². The lowest BCUT2D eigenvalue weighted by atomic mass is 10.1. The number of carbonyl (C=O) groups is 1. The third-order valence-corrected chi connectivity index (χ3v) is 7.99. The minimum absolute atomic E-state index is 0.0333. The van der Waals surface area contributed by atoms with E-state index >= 15 is 0 Å². The number of nitrogens with one attached hydrogen (secondary N) is 1. The number of fused-ring (bicyclic) bond motifs is 1. The monoisotopic (exact) mass is 475 g/mol. The predicted octanol–water partition coefficient (Wildman–Crippen LogP) is 3.68. The highest BCUT2D eigenvalue weighted by molar-refractivity contribution is 8.42. The van der Waals surface area contributed by atoms with Gasteiger partial charge >= 0.3 is 0 Å². The van der Waals surface area contributed by atoms with Crippen LogP contribution in [0.5, 0.6) is 0 Å². The number of sulfone groups is 1. The number of hydrazone groups is 1. The predicted molar refractivity (Wildman–Crippen MR) is 125 cm³/mol. The van der Waals surface area contributed by atoms with Gasteiger partial charge < -0.3 is 4.57 Å². The molecule has 1 aromatic carbocycles. The topological polar surface area (TPSA) is 108 Å². The molecule has 2 aliphatic heterocycles. The van der Waals surface area contributed by atoms with Crippen molar-refractivity contribution in [2.24, 2.45) is 10.1 Å². The smallest absolute Gasteiger partial charge is 0.283 e. The van der Waals surface area contributed by atoms with Gasteiger partial charge in [-0.1, -0.05) is 17.7 Å². The summed E-state index contributed by atoms with van der Waals surface area (Å²) in [5, 5.41) is 14.2. The Bertz CT molecular complexity index is 1370. The molecular formula is C20H18ClN5O3S2. The Balaban J connectivity index is 1.79. The zero-order valence-electron chi connectivity index (χ0n) is 17.1. The fourth-order valence-electron chi connectivity index (χ4n) is 3.42. The molecule has 0 aliphatic carbocycles. The molecule has 1 N–H and O–H groups in total. The van der Waals surface area contributed by atoms with E-state index in [-0.39, 0.29) is 21.0 Å². The first kappa shape index (κ1) is 21.5. The Hall–Kier alpha value is -2.69. The van der Waals surface area contributed by atoms with Crippen molar-refractivity contribution < 1.29 is 13.2 Å². The van der Waals surface area contributed by atoms with Crippen molar-refractivity contribution >= 4 is 60.6 Å². The van der Waals surface area contributed by atoms with Crippen molar-refractivity contribution in [2.75, 3.05) is 6.26 Å². The fourth-order valence-corrected chi connectivity index (χ4v) is 5.28. The molecule has 0 bridgehead atoms. The number of rotatable bonds is 2. The second-order valence-electron chi connectivity index (χ2n) is 7.20. The molecule has 4 rings (SSSR count). The Kier molecular flexibility index (Phi) is 5.19. The number of carbonyl (C=O) groups excluding carboxylic acids is 1. The maximum absolute atomic E-state index is 12.6. The first-order valence-corrected chi connectivity index (χ1v) is 12.2. The van der Waals surface area contributed by atoms with Gasteiger partial charge in [0.2, 0.25) is 19.4 Å². The third-order valence-electron chi connectivity index (χ3n) is 5.00. The second kappa shape index (κ2) is 7.47. The largest absolute Gasteiger partial charge is 0.318 e. The molecule has 0 radical (unpaired) electrons. The van der Waals surface area contributed by atoms with Gasteiger partial charge in [0.1, 0.15) is 0 Å². The van der Waals surface area contributed by atoms with Crippen LogP contribution in [0, 0.1) is 26.2 Å². The number of aromatic nitrogens is 1. The van der Waals surface area contributed by atoms with Gasteiger partial charge in [0, 0.05) is 28.4 Å². The number of hydrogen-bond acceptors (Lipinski definition) is 6. The lowest BCUT2D eigenvalue weighted by Gasteiger charge is -2.20. The first-order valence-electron chi connectivity index (χ1n) is 9.13. The van der Waals surface area contributed by atoms with Crippen LogP contribution in [0.1, 0.15) is 22.5 Å². The molecule has 0 unspecified atom stereocenters. The van der Waals surface area contributed by atoms with Crippen LogP contribution in [0.2, 0.25) is 5.02 Å². The molecule has 0 fully saturated rings. The SMILES string of the molecule is Cc1c(Cl)cccc1-n1c(C)cc(/C=C2\C(=N)N3N=C(S(C)(=O)=O)SC3=NC2=O)c1C. The molecule has 1 aromatic heterocycles. The Labute approximate surface area is 188 Å². The summed E-state index contributed by atoms with van der Waals surface area (Å²) in [6, 6.07) is 7.58. The van der Waals surface area contributed by atoms with Crippen LogP contribution < -0.4 is 0 Å². The van der Waals surface area contributed by atoms with Crippen LogP contribution >= 0.6 is 23.4 Å². The maximum Gasteiger partial charge on any atom is 0.283 e. The van der Waals surface area contributed by atoms with E-state index in [4.69, 9.17) is 17.0 Å². The molecule has 11 heteroatoms. The van der Waals surface area contributed by atoms with Crippen LogP contribution in [0.25, 0.3) is 11.8 Å². The van der Waals surface area contributed by atoms with Crippen LogP contribution in [-0.4, -0.2) is 45.5 Å². The van der Waals surface area contributed by atoms with Crippen molar-refractivity contribution in [2.45, 2.75) is 20.8 Å². The van der Waals surface area contributed by atoms with E-state index in [1.165, 1.54) is 0 Å². The van der Waals surface area contributed by atoms with Gasteiger partial charge in [0.15, 0.2) is 5.84 Å². The van der Waals surface area contributed by atoms with Gasteiger partial charge in [-0.2, -0.15) is 10.0 Å². The van der Waals surface area contributed by atoms with Crippen molar-refractivity contribution in [3.8, 4) is 5.69 Å². The van der Waals surface area contributed by atoms with Crippen LogP contribution in [-0.2, 0) is 14.6 Å². The average Bonchev–Trinajstić information content (AvgIpc) is 3.23. The molecule has 0 saturated heterocycles. The summed E-state index contributed by atoms with van der Waals surface area (Å²) in [6.07, 6.45) is 2.61. The van der Waals surface area contributed by atoms with E-state index in [2.05, 4.69) is 10.1 Å². The normalized spacial score (nSPS) is 17.8.